The minimum atomic E-state index is -0.531. The lowest BCUT2D eigenvalue weighted by Crippen LogP contribution is -2.24. The van der Waals surface area contributed by atoms with E-state index in [0.717, 1.165) is 11.1 Å². The Kier molecular flexibility index (Phi) is 6.60. The topological polar surface area (TPSA) is 72.6 Å². The van der Waals surface area contributed by atoms with Crippen molar-refractivity contribution in [1.29, 1.82) is 0 Å². The van der Waals surface area contributed by atoms with Gasteiger partial charge in [-0.25, -0.2) is 0 Å². The summed E-state index contributed by atoms with van der Waals surface area (Å²) in [7, 11) is 1.72. The third kappa shape index (κ3) is 5.97. The molecule has 0 saturated carbocycles. The van der Waals surface area contributed by atoms with Gasteiger partial charge in [0.05, 0.1) is 0 Å². The lowest BCUT2D eigenvalue weighted by atomic mass is 10.2. The van der Waals surface area contributed by atoms with Gasteiger partial charge in [-0.1, -0.05) is 41.9 Å². The highest BCUT2D eigenvalue weighted by atomic mass is 35.5. The molecule has 2 aromatic carbocycles. The van der Waals surface area contributed by atoms with Crippen LogP contribution in [0.25, 0.3) is 6.08 Å². The van der Waals surface area contributed by atoms with Gasteiger partial charge >= 0.3 is 0 Å². The minimum absolute atomic E-state index is 0.131. The average Bonchev–Trinajstić information content (AvgIpc) is 2.60. The average molecular weight is 359 g/mol. The number of amides is 2. The van der Waals surface area contributed by atoms with Crippen molar-refractivity contribution in [3.8, 4) is 5.75 Å². The van der Waals surface area contributed by atoms with Crippen LogP contribution < -0.4 is 10.5 Å². The summed E-state index contributed by atoms with van der Waals surface area (Å²) in [5, 5.41) is 0.637. The molecule has 0 unspecified atom stereocenters. The van der Waals surface area contributed by atoms with E-state index in [4.69, 9.17) is 22.1 Å². The molecule has 2 N–H and O–H groups in total. The Hall–Kier alpha value is -2.79. The molecule has 6 heteroatoms. The van der Waals surface area contributed by atoms with Crippen molar-refractivity contribution in [2.75, 3.05) is 13.7 Å². The number of ether oxygens (including phenoxy) is 1. The van der Waals surface area contributed by atoms with Gasteiger partial charge in [-0.05, 0) is 35.4 Å². The van der Waals surface area contributed by atoms with Gasteiger partial charge in [0.15, 0.2) is 6.61 Å². The fraction of sp³-hybridized carbons (Fsp3) is 0.158. The van der Waals surface area contributed by atoms with Crippen molar-refractivity contribution in [2.45, 2.75) is 6.54 Å². The molecule has 25 heavy (non-hydrogen) atoms. The Labute approximate surface area is 151 Å². The molecule has 0 aliphatic heterocycles. The predicted octanol–water partition coefficient (Wildman–Crippen LogP) is 2.88. The van der Waals surface area contributed by atoms with E-state index >= 15 is 0 Å². The van der Waals surface area contributed by atoms with Gasteiger partial charge in [0.2, 0.25) is 5.91 Å². The molecule has 0 saturated heterocycles. The van der Waals surface area contributed by atoms with Crippen LogP contribution in [0.5, 0.6) is 5.75 Å². The summed E-state index contributed by atoms with van der Waals surface area (Å²) < 4.78 is 5.18. The molecule has 2 amide bonds. The fourth-order valence-corrected chi connectivity index (χ4v) is 2.28. The van der Waals surface area contributed by atoms with Gasteiger partial charge in [-0.3, -0.25) is 9.59 Å². The molecule has 0 radical (unpaired) electrons. The molecule has 2 rings (SSSR count). The number of halogens is 1. The summed E-state index contributed by atoms with van der Waals surface area (Å²) in [5.74, 6) is -0.122. The van der Waals surface area contributed by atoms with Crippen LogP contribution in [0.4, 0.5) is 0 Å². The molecule has 2 aromatic rings. The number of hydrogen-bond donors (Lipinski definition) is 1. The molecule has 0 bridgehead atoms. The van der Waals surface area contributed by atoms with Crippen molar-refractivity contribution in [3.05, 3.63) is 70.8 Å². The molecule has 0 spiro atoms. The van der Waals surface area contributed by atoms with Crippen molar-refractivity contribution in [1.82, 2.24) is 4.90 Å². The lowest BCUT2D eigenvalue weighted by molar-refractivity contribution is -0.125. The molecule has 0 aromatic heterocycles. The lowest BCUT2D eigenvalue weighted by Gasteiger charge is -2.16. The number of nitrogens with zero attached hydrogens (tertiary/aromatic N) is 1. The standard InChI is InChI=1S/C19H19ClN2O3/c1-22(12-15-4-2-3-5-17(15)20)19(24)11-8-14-6-9-16(10-7-14)25-13-18(21)23/h2-11H,12-13H2,1H3,(H2,21,23)/b11-8+. The molecule has 5 nitrogen and oxygen atoms in total. The Morgan fingerprint density at radius 2 is 1.84 bits per heavy atom. The van der Waals surface area contributed by atoms with E-state index in [1.165, 1.54) is 6.08 Å². The maximum absolute atomic E-state index is 12.2. The smallest absolute Gasteiger partial charge is 0.255 e. The number of primary amides is 1. The van der Waals surface area contributed by atoms with E-state index in [2.05, 4.69) is 0 Å². The van der Waals surface area contributed by atoms with Crippen molar-refractivity contribution >= 4 is 29.5 Å². The number of likely N-dealkylation sites (N-methyl/N-ethyl adjacent to an activating group) is 1. The van der Waals surface area contributed by atoms with Gasteiger partial charge < -0.3 is 15.4 Å². The van der Waals surface area contributed by atoms with E-state index in [9.17, 15) is 9.59 Å². The van der Waals surface area contributed by atoms with Crippen LogP contribution in [0.2, 0.25) is 5.02 Å². The van der Waals surface area contributed by atoms with Crippen molar-refractivity contribution in [2.24, 2.45) is 5.73 Å². The Bertz CT molecular complexity index is 772. The van der Waals surface area contributed by atoms with Crippen LogP contribution >= 0.6 is 11.6 Å². The molecular weight excluding hydrogens is 340 g/mol. The minimum Gasteiger partial charge on any atom is -0.484 e. The molecule has 0 aliphatic carbocycles. The van der Waals surface area contributed by atoms with E-state index in [1.807, 2.05) is 18.2 Å². The normalized spacial score (nSPS) is 10.6. The summed E-state index contributed by atoms with van der Waals surface area (Å²) in [6.07, 6.45) is 3.21. The van der Waals surface area contributed by atoms with Crippen molar-refractivity contribution in [3.63, 3.8) is 0 Å². The maximum atomic E-state index is 12.2. The SMILES string of the molecule is CN(Cc1ccccc1Cl)C(=O)/C=C/c1ccc(OCC(N)=O)cc1. The first-order valence-electron chi connectivity index (χ1n) is 7.63. The molecule has 0 aliphatic rings. The largest absolute Gasteiger partial charge is 0.484 e. The summed E-state index contributed by atoms with van der Waals surface area (Å²) in [6.45, 7) is 0.267. The summed E-state index contributed by atoms with van der Waals surface area (Å²) >= 11 is 6.11. The fourth-order valence-electron chi connectivity index (χ4n) is 2.08. The van der Waals surface area contributed by atoms with Crippen LogP contribution in [0.3, 0.4) is 0 Å². The van der Waals surface area contributed by atoms with Gasteiger partial charge in [-0.15, -0.1) is 0 Å². The second kappa shape index (κ2) is 8.89. The third-order valence-corrected chi connectivity index (χ3v) is 3.79. The number of carbonyl (C=O) groups is 2. The first-order chi connectivity index (χ1) is 12.0. The zero-order valence-electron chi connectivity index (χ0n) is 13.8. The summed E-state index contributed by atoms with van der Waals surface area (Å²) in [6, 6.07) is 14.4. The second-order valence-electron chi connectivity index (χ2n) is 5.44. The van der Waals surface area contributed by atoms with Gasteiger partial charge in [0.1, 0.15) is 5.75 Å². The number of rotatable bonds is 7. The zero-order chi connectivity index (χ0) is 18.2. The quantitative estimate of drug-likeness (QED) is 0.773. The van der Waals surface area contributed by atoms with Crippen LogP contribution in [0.15, 0.2) is 54.6 Å². The van der Waals surface area contributed by atoms with E-state index in [-0.39, 0.29) is 12.5 Å². The van der Waals surface area contributed by atoms with Gasteiger partial charge in [-0.2, -0.15) is 0 Å². The first-order valence-corrected chi connectivity index (χ1v) is 8.01. The van der Waals surface area contributed by atoms with E-state index < -0.39 is 5.91 Å². The molecular formula is C19H19ClN2O3. The first kappa shape index (κ1) is 18.5. The number of carbonyl (C=O) groups excluding carboxylic acids is 2. The Morgan fingerprint density at radius 1 is 1.16 bits per heavy atom. The highest BCUT2D eigenvalue weighted by Crippen LogP contribution is 2.17. The number of benzene rings is 2. The highest BCUT2D eigenvalue weighted by Gasteiger charge is 2.08. The molecule has 0 heterocycles. The molecule has 0 atom stereocenters. The van der Waals surface area contributed by atoms with Crippen LogP contribution in [-0.4, -0.2) is 30.4 Å². The Morgan fingerprint density at radius 3 is 2.48 bits per heavy atom. The molecule has 130 valence electrons. The van der Waals surface area contributed by atoms with Gasteiger partial charge in [0.25, 0.3) is 5.91 Å². The van der Waals surface area contributed by atoms with Crippen LogP contribution in [0, 0.1) is 0 Å². The van der Waals surface area contributed by atoms with Crippen LogP contribution in [0.1, 0.15) is 11.1 Å². The molecule has 0 fully saturated rings. The predicted molar refractivity (Wildman–Crippen MR) is 98.1 cm³/mol. The second-order valence-corrected chi connectivity index (χ2v) is 5.85. The number of nitrogens with two attached hydrogens (primary N) is 1. The zero-order valence-corrected chi connectivity index (χ0v) is 14.6. The Balaban J connectivity index is 1.92. The number of hydrogen-bond acceptors (Lipinski definition) is 3. The summed E-state index contributed by atoms with van der Waals surface area (Å²) in [4.78, 5) is 24.5. The van der Waals surface area contributed by atoms with Crippen LogP contribution in [-0.2, 0) is 16.1 Å². The summed E-state index contributed by atoms with van der Waals surface area (Å²) in [5.41, 5.74) is 6.75. The maximum Gasteiger partial charge on any atom is 0.255 e. The van der Waals surface area contributed by atoms with E-state index in [1.54, 1.807) is 48.4 Å². The van der Waals surface area contributed by atoms with Crippen molar-refractivity contribution < 1.29 is 14.3 Å². The monoisotopic (exact) mass is 358 g/mol. The van der Waals surface area contributed by atoms with E-state index in [0.29, 0.717) is 17.3 Å². The van der Waals surface area contributed by atoms with Gasteiger partial charge in [0, 0.05) is 24.7 Å². The third-order valence-electron chi connectivity index (χ3n) is 3.42. The highest BCUT2D eigenvalue weighted by molar-refractivity contribution is 6.31.